The lowest BCUT2D eigenvalue weighted by molar-refractivity contribution is 0.682. The number of fused-ring (bicyclic) bond motifs is 1. The molecule has 0 saturated carbocycles. The van der Waals surface area contributed by atoms with Gasteiger partial charge in [-0.3, -0.25) is 14.5 Å². The third kappa shape index (κ3) is 4.33. The Labute approximate surface area is 180 Å². The van der Waals surface area contributed by atoms with Crippen molar-refractivity contribution in [2.75, 3.05) is 0 Å². The second kappa shape index (κ2) is 8.34. The molecule has 0 amide bonds. The molecule has 3 rings (SSSR count). The zero-order chi connectivity index (χ0) is 21.2. The van der Waals surface area contributed by atoms with Crippen LogP contribution in [0.3, 0.4) is 0 Å². The number of nitrogens with zero attached hydrogens (tertiary/aromatic N) is 4. The Morgan fingerprint density at radius 3 is 2.59 bits per heavy atom. The van der Waals surface area contributed by atoms with Crippen LogP contribution in [0.15, 0.2) is 64.7 Å². The van der Waals surface area contributed by atoms with Crippen LogP contribution in [0.1, 0.15) is 45.2 Å². The van der Waals surface area contributed by atoms with Crippen molar-refractivity contribution in [1.29, 1.82) is 5.26 Å². The minimum atomic E-state index is -0.529. The van der Waals surface area contributed by atoms with Crippen molar-refractivity contribution in [3.8, 4) is 6.07 Å². The van der Waals surface area contributed by atoms with E-state index in [0.29, 0.717) is 0 Å². The van der Waals surface area contributed by atoms with Gasteiger partial charge in [-0.2, -0.15) is 5.26 Å². The molecule has 2 aromatic carbocycles. The van der Waals surface area contributed by atoms with E-state index in [0.717, 1.165) is 44.2 Å². The Morgan fingerprint density at radius 1 is 1.28 bits per heavy atom. The summed E-state index contributed by atoms with van der Waals surface area (Å²) in [7, 11) is 0. The molecule has 1 heterocycles. The molecule has 1 unspecified atom stereocenters. The highest BCUT2D eigenvalue weighted by molar-refractivity contribution is 9.10. The molecule has 0 aliphatic rings. The first-order valence-corrected chi connectivity index (χ1v) is 10.5. The van der Waals surface area contributed by atoms with E-state index in [-0.39, 0.29) is 6.04 Å². The molecule has 1 aromatic heterocycles. The lowest BCUT2D eigenvalue weighted by Crippen LogP contribution is -2.24. The third-order valence-electron chi connectivity index (χ3n) is 5.16. The summed E-state index contributed by atoms with van der Waals surface area (Å²) in [4.78, 5) is 9.45. The Morgan fingerprint density at radius 2 is 1.97 bits per heavy atom. The largest absolute Gasteiger partial charge is 0.292 e. The van der Waals surface area contributed by atoms with Crippen LogP contribution in [0, 0.1) is 11.3 Å². The zero-order valence-corrected chi connectivity index (χ0v) is 18.9. The van der Waals surface area contributed by atoms with Gasteiger partial charge in [0.15, 0.2) is 5.49 Å². The summed E-state index contributed by atoms with van der Waals surface area (Å²) in [5.41, 5.74) is 4.83. The average molecular weight is 449 g/mol. The minimum absolute atomic E-state index is 0.180. The van der Waals surface area contributed by atoms with Crippen molar-refractivity contribution in [2.24, 2.45) is 4.99 Å². The predicted octanol–water partition coefficient (Wildman–Crippen LogP) is 5.82. The molecule has 0 saturated heterocycles. The van der Waals surface area contributed by atoms with E-state index in [4.69, 9.17) is 4.99 Å². The quantitative estimate of drug-likeness (QED) is 0.493. The Hall–Kier alpha value is -2.71. The molecule has 4 nitrogen and oxygen atoms in total. The highest BCUT2D eigenvalue weighted by Gasteiger charge is 2.19. The Bertz CT molecular complexity index is 1160. The topological polar surface area (TPSA) is 54.0 Å². The van der Waals surface area contributed by atoms with Crippen LogP contribution in [0.4, 0.5) is 0 Å². The van der Waals surface area contributed by atoms with Crippen molar-refractivity contribution < 1.29 is 0 Å². The summed E-state index contributed by atoms with van der Waals surface area (Å²) in [6, 6.07) is 16.5. The van der Waals surface area contributed by atoms with Gasteiger partial charge in [0.2, 0.25) is 0 Å². The summed E-state index contributed by atoms with van der Waals surface area (Å²) in [6.07, 6.45) is 2.75. The van der Waals surface area contributed by atoms with Crippen LogP contribution < -0.4 is 5.49 Å². The first-order valence-electron chi connectivity index (χ1n) is 9.69. The van der Waals surface area contributed by atoms with Gasteiger partial charge in [-0.15, -0.1) is 0 Å². The van der Waals surface area contributed by atoms with Gasteiger partial charge in [-0.25, -0.2) is 0 Å². The number of aromatic nitrogens is 2. The molecule has 0 aliphatic carbocycles. The predicted molar refractivity (Wildman–Crippen MR) is 122 cm³/mol. The summed E-state index contributed by atoms with van der Waals surface area (Å²) in [6.45, 7) is 12.4. The average Bonchev–Trinajstić information content (AvgIpc) is 2.73. The number of hydrogen-bond donors (Lipinski definition) is 0. The molecule has 3 aromatic rings. The summed E-state index contributed by atoms with van der Waals surface area (Å²) in [5.74, 6) is 0. The lowest BCUT2D eigenvalue weighted by Gasteiger charge is -2.18. The van der Waals surface area contributed by atoms with Crippen molar-refractivity contribution in [1.82, 2.24) is 9.55 Å². The number of benzene rings is 2. The smallest absolute Gasteiger partial charge is 0.151 e. The van der Waals surface area contributed by atoms with Crippen molar-refractivity contribution in [2.45, 2.75) is 45.6 Å². The molecule has 0 spiro atoms. The van der Waals surface area contributed by atoms with Gasteiger partial charge >= 0.3 is 0 Å². The van der Waals surface area contributed by atoms with Crippen LogP contribution in [-0.2, 0) is 5.41 Å². The first kappa shape index (κ1) is 21.0. The fraction of sp³-hybridized carbons (Fsp3) is 0.292. The van der Waals surface area contributed by atoms with E-state index >= 15 is 0 Å². The Balaban J connectivity index is 2.20. The number of halogens is 1. The molecule has 0 N–H and O–H groups in total. The molecule has 1 atom stereocenters. The van der Waals surface area contributed by atoms with Gasteiger partial charge in [0.05, 0.1) is 28.7 Å². The van der Waals surface area contributed by atoms with Crippen LogP contribution >= 0.6 is 15.9 Å². The lowest BCUT2D eigenvalue weighted by atomic mass is 9.86. The Kier molecular flexibility index (Phi) is 6.04. The molecular weight excluding hydrogens is 424 g/mol. The minimum Gasteiger partial charge on any atom is -0.292 e. The standard InChI is InChI=1S/C24H25BrN4/c1-6-16(2)28-23-14-27-21-12-11-20(25)13-22(21)29(23)17(3)18-7-9-19(10-8-18)24(4,5)15-26/h7-14,16H,3,6H2,1-2,4-5H3. The van der Waals surface area contributed by atoms with E-state index in [1.807, 2.05) is 56.3 Å². The highest BCUT2D eigenvalue weighted by Crippen LogP contribution is 2.26. The molecule has 0 fully saturated rings. The van der Waals surface area contributed by atoms with Crippen LogP contribution in [0.2, 0.25) is 0 Å². The molecule has 148 valence electrons. The monoisotopic (exact) mass is 448 g/mol. The summed E-state index contributed by atoms with van der Waals surface area (Å²) in [5, 5.41) is 9.40. The van der Waals surface area contributed by atoms with Gasteiger partial charge in [0.25, 0.3) is 0 Å². The molecule has 0 aliphatic heterocycles. The van der Waals surface area contributed by atoms with E-state index < -0.39 is 5.41 Å². The SMILES string of the molecule is C=C(c1ccc(C(C)(C)C#N)cc1)n1c(=NC(C)CC)cnc2ccc(Br)cc21. The first-order chi connectivity index (χ1) is 13.8. The van der Waals surface area contributed by atoms with E-state index in [2.05, 4.69) is 52.0 Å². The van der Waals surface area contributed by atoms with Gasteiger partial charge < -0.3 is 0 Å². The van der Waals surface area contributed by atoms with Crippen molar-refractivity contribution in [3.05, 3.63) is 76.3 Å². The van der Waals surface area contributed by atoms with Gasteiger partial charge in [0.1, 0.15) is 0 Å². The van der Waals surface area contributed by atoms with Gasteiger partial charge in [-0.1, -0.05) is 53.7 Å². The fourth-order valence-corrected chi connectivity index (χ4v) is 3.41. The van der Waals surface area contributed by atoms with Crippen LogP contribution in [0.5, 0.6) is 0 Å². The van der Waals surface area contributed by atoms with Crippen LogP contribution in [0.25, 0.3) is 16.7 Å². The van der Waals surface area contributed by atoms with E-state index in [9.17, 15) is 5.26 Å². The molecule has 0 radical (unpaired) electrons. The second-order valence-corrected chi connectivity index (χ2v) is 8.65. The fourth-order valence-electron chi connectivity index (χ4n) is 3.06. The molecule has 29 heavy (non-hydrogen) atoms. The maximum absolute atomic E-state index is 9.40. The third-order valence-corrected chi connectivity index (χ3v) is 5.65. The maximum atomic E-state index is 9.40. The van der Waals surface area contributed by atoms with E-state index in [1.54, 1.807) is 6.20 Å². The molecule has 5 heteroatoms. The molecule has 0 bridgehead atoms. The van der Waals surface area contributed by atoms with Gasteiger partial charge in [0, 0.05) is 16.2 Å². The van der Waals surface area contributed by atoms with Crippen molar-refractivity contribution >= 4 is 32.7 Å². The van der Waals surface area contributed by atoms with Crippen LogP contribution in [-0.4, -0.2) is 15.6 Å². The summed E-state index contributed by atoms with van der Waals surface area (Å²) < 4.78 is 3.03. The highest BCUT2D eigenvalue weighted by atomic mass is 79.9. The number of nitriles is 1. The molecular formula is C24H25BrN4. The normalized spacial score (nSPS) is 13.3. The number of hydrogen-bond acceptors (Lipinski definition) is 3. The maximum Gasteiger partial charge on any atom is 0.151 e. The zero-order valence-electron chi connectivity index (χ0n) is 17.3. The van der Waals surface area contributed by atoms with Crippen molar-refractivity contribution in [3.63, 3.8) is 0 Å². The second-order valence-electron chi connectivity index (χ2n) is 7.73. The van der Waals surface area contributed by atoms with E-state index in [1.165, 1.54) is 0 Å². The summed E-state index contributed by atoms with van der Waals surface area (Å²) >= 11 is 3.57. The van der Waals surface area contributed by atoms with Gasteiger partial charge in [-0.05, 0) is 56.5 Å². The number of rotatable bonds is 5.